The van der Waals surface area contributed by atoms with E-state index in [1.54, 1.807) is 36.4 Å². The zero-order valence-corrected chi connectivity index (χ0v) is 15.5. The van der Waals surface area contributed by atoms with Crippen LogP contribution in [0, 0.1) is 0 Å². The van der Waals surface area contributed by atoms with Gasteiger partial charge in [-0.05, 0) is 41.8 Å². The molecule has 2 aromatic heterocycles. The third-order valence-electron chi connectivity index (χ3n) is 4.04. The van der Waals surface area contributed by atoms with Crippen molar-refractivity contribution in [2.75, 3.05) is 10.6 Å². The number of carbonyl (C=O) groups is 2. The number of thiophene rings is 1. The lowest BCUT2D eigenvalue weighted by Gasteiger charge is -2.06. The van der Waals surface area contributed by atoms with Gasteiger partial charge in [0.15, 0.2) is 0 Å². The van der Waals surface area contributed by atoms with Crippen molar-refractivity contribution < 1.29 is 9.59 Å². The molecule has 0 bridgehead atoms. The number of aromatic amines is 1. The number of anilines is 2. The second kappa shape index (κ2) is 7.89. The molecule has 0 fully saturated rings. The molecule has 6 nitrogen and oxygen atoms in total. The van der Waals surface area contributed by atoms with Gasteiger partial charge in [-0.25, -0.2) is 0 Å². The van der Waals surface area contributed by atoms with Crippen LogP contribution in [0.4, 0.5) is 11.4 Å². The predicted octanol–water partition coefficient (Wildman–Crippen LogP) is 4.64. The van der Waals surface area contributed by atoms with Crippen molar-refractivity contribution in [3.8, 4) is 11.3 Å². The number of aromatic nitrogens is 2. The third kappa shape index (κ3) is 3.99. The molecule has 4 aromatic rings. The van der Waals surface area contributed by atoms with Crippen LogP contribution in [0.15, 0.2) is 78.2 Å². The Kier molecular flexibility index (Phi) is 4.99. The van der Waals surface area contributed by atoms with E-state index >= 15 is 0 Å². The Morgan fingerprint density at radius 3 is 2.14 bits per heavy atom. The van der Waals surface area contributed by atoms with E-state index in [9.17, 15) is 9.59 Å². The Labute approximate surface area is 165 Å². The van der Waals surface area contributed by atoms with Gasteiger partial charge >= 0.3 is 0 Å². The zero-order chi connectivity index (χ0) is 19.3. The third-order valence-corrected chi connectivity index (χ3v) is 4.91. The first kappa shape index (κ1) is 17.7. The van der Waals surface area contributed by atoms with Crippen LogP contribution < -0.4 is 10.6 Å². The average Bonchev–Trinajstić information content (AvgIpc) is 3.42. The minimum Gasteiger partial charge on any atom is -0.321 e. The molecule has 0 unspecified atom stereocenters. The van der Waals surface area contributed by atoms with E-state index < -0.39 is 0 Å². The van der Waals surface area contributed by atoms with Crippen LogP contribution >= 0.6 is 11.3 Å². The Hall–Kier alpha value is -3.71. The van der Waals surface area contributed by atoms with E-state index in [2.05, 4.69) is 20.8 Å². The van der Waals surface area contributed by atoms with E-state index in [0.717, 1.165) is 5.56 Å². The summed E-state index contributed by atoms with van der Waals surface area (Å²) in [6, 6.07) is 21.9. The largest absolute Gasteiger partial charge is 0.321 e. The molecule has 4 rings (SSSR count). The van der Waals surface area contributed by atoms with Crippen molar-refractivity contribution in [3.05, 3.63) is 88.7 Å². The number of hydrogen-bond donors (Lipinski definition) is 3. The summed E-state index contributed by atoms with van der Waals surface area (Å²) in [5.74, 6) is -0.442. The number of amides is 2. The molecule has 138 valence electrons. The monoisotopic (exact) mass is 388 g/mol. The maximum Gasteiger partial charge on any atom is 0.273 e. The van der Waals surface area contributed by atoms with Crippen molar-refractivity contribution in [1.29, 1.82) is 0 Å². The first-order chi connectivity index (χ1) is 13.7. The van der Waals surface area contributed by atoms with Gasteiger partial charge in [0, 0.05) is 16.9 Å². The number of carbonyl (C=O) groups excluding carboxylic acids is 2. The molecule has 2 aromatic carbocycles. The molecule has 0 saturated carbocycles. The molecule has 0 aliphatic rings. The standard InChI is InChI=1S/C21H16N4O2S/c26-20(18-13-17(24-25-18)14-5-2-1-3-6-14)22-15-8-10-16(11-9-15)23-21(27)19-7-4-12-28-19/h1-13H,(H,22,26)(H,23,27)(H,24,25). The second-order valence-corrected chi connectivity index (χ2v) is 6.94. The summed E-state index contributed by atoms with van der Waals surface area (Å²) in [6.45, 7) is 0. The first-order valence-corrected chi connectivity index (χ1v) is 9.44. The SMILES string of the molecule is O=C(Nc1ccc(NC(=O)c2cccs2)cc1)c1cc(-c2ccccc2)n[nH]1. The average molecular weight is 388 g/mol. The number of nitrogens with one attached hydrogen (secondary N) is 3. The number of hydrogen-bond acceptors (Lipinski definition) is 4. The van der Waals surface area contributed by atoms with Gasteiger partial charge in [-0.1, -0.05) is 36.4 Å². The van der Waals surface area contributed by atoms with Crippen LogP contribution in [0.25, 0.3) is 11.3 Å². The van der Waals surface area contributed by atoms with Crippen molar-refractivity contribution >= 4 is 34.5 Å². The fourth-order valence-electron chi connectivity index (χ4n) is 2.63. The molecule has 0 spiro atoms. The van der Waals surface area contributed by atoms with Crippen molar-refractivity contribution in [2.24, 2.45) is 0 Å². The van der Waals surface area contributed by atoms with Gasteiger partial charge in [-0.2, -0.15) is 5.10 Å². The summed E-state index contributed by atoms with van der Waals surface area (Å²) in [5.41, 5.74) is 3.29. The fourth-order valence-corrected chi connectivity index (χ4v) is 3.25. The van der Waals surface area contributed by atoms with Gasteiger partial charge < -0.3 is 10.6 Å². The highest BCUT2D eigenvalue weighted by Gasteiger charge is 2.12. The molecule has 28 heavy (non-hydrogen) atoms. The molecule has 0 atom stereocenters. The second-order valence-electron chi connectivity index (χ2n) is 6.00. The van der Waals surface area contributed by atoms with Crippen molar-refractivity contribution in [2.45, 2.75) is 0 Å². The summed E-state index contributed by atoms with van der Waals surface area (Å²) in [4.78, 5) is 25.1. The lowest BCUT2D eigenvalue weighted by Crippen LogP contribution is -2.13. The Balaban J connectivity index is 1.40. The van der Waals surface area contributed by atoms with Crippen LogP contribution in [0.3, 0.4) is 0 Å². The van der Waals surface area contributed by atoms with Gasteiger partial charge in [0.1, 0.15) is 5.69 Å². The highest BCUT2D eigenvalue weighted by atomic mass is 32.1. The number of rotatable bonds is 5. The topological polar surface area (TPSA) is 86.9 Å². The summed E-state index contributed by atoms with van der Waals surface area (Å²) < 4.78 is 0. The normalized spacial score (nSPS) is 10.4. The number of nitrogens with zero attached hydrogens (tertiary/aromatic N) is 1. The van der Waals surface area contributed by atoms with Crippen LogP contribution in [0.1, 0.15) is 20.2 Å². The minimum absolute atomic E-state index is 0.155. The zero-order valence-electron chi connectivity index (χ0n) is 14.7. The van der Waals surface area contributed by atoms with E-state index in [-0.39, 0.29) is 11.8 Å². The molecule has 2 amide bonds. The number of benzene rings is 2. The van der Waals surface area contributed by atoms with E-state index in [1.165, 1.54) is 11.3 Å². The predicted molar refractivity (Wildman–Crippen MR) is 111 cm³/mol. The Morgan fingerprint density at radius 1 is 0.821 bits per heavy atom. The molecule has 0 radical (unpaired) electrons. The van der Waals surface area contributed by atoms with E-state index in [0.29, 0.717) is 27.6 Å². The molecule has 0 aliphatic heterocycles. The quantitative estimate of drug-likeness (QED) is 0.465. The molecule has 7 heteroatoms. The molecule has 0 aliphatic carbocycles. The molecular weight excluding hydrogens is 372 g/mol. The molecule has 3 N–H and O–H groups in total. The van der Waals surface area contributed by atoms with Crippen LogP contribution in [0.2, 0.25) is 0 Å². The summed E-state index contributed by atoms with van der Waals surface area (Å²) in [6.07, 6.45) is 0. The van der Waals surface area contributed by atoms with Gasteiger partial charge in [0.25, 0.3) is 11.8 Å². The number of H-pyrrole nitrogens is 1. The minimum atomic E-state index is -0.287. The molecular formula is C21H16N4O2S. The summed E-state index contributed by atoms with van der Waals surface area (Å²) >= 11 is 1.38. The smallest absolute Gasteiger partial charge is 0.273 e. The Morgan fingerprint density at radius 2 is 1.50 bits per heavy atom. The maximum atomic E-state index is 12.4. The van der Waals surface area contributed by atoms with Gasteiger partial charge in [0.05, 0.1) is 10.6 Å². The lowest BCUT2D eigenvalue weighted by molar-refractivity contribution is 0.101. The molecule has 2 heterocycles. The maximum absolute atomic E-state index is 12.4. The Bertz CT molecular complexity index is 1090. The highest BCUT2D eigenvalue weighted by Crippen LogP contribution is 2.19. The first-order valence-electron chi connectivity index (χ1n) is 8.56. The van der Waals surface area contributed by atoms with E-state index in [4.69, 9.17) is 0 Å². The molecule has 0 saturated heterocycles. The van der Waals surface area contributed by atoms with Crippen molar-refractivity contribution in [3.63, 3.8) is 0 Å². The van der Waals surface area contributed by atoms with Crippen molar-refractivity contribution in [1.82, 2.24) is 10.2 Å². The van der Waals surface area contributed by atoms with Crippen LogP contribution in [-0.4, -0.2) is 22.0 Å². The van der Waals surface area contributed by atoms with Crippen LogP contribution in [-0.2, 0) is 0 Å². The van der Waals surface area contributed by atoms with Crippen LogP contribution in [0.5, 0.6) is 0 Å². The summed E-state index contributed by atoms with van der Waals surface area (Å²) in [7, 11) is 0. The van der Waals surface area contributed by atoms with E-state index in [1.807, 2.05) is 41.8 Å². The van der Waals surface area contributed by atoms with Gasteiger partial charge in [-0.3, -0.25) is 14.7 Å². The van der Waals surface area contributed by atoms with Gasteiger partial charge in [-0.15, -0.1) is 11.3 Å². The fraction of sp³-hybridized carbons (Fsp3) is 0. The summed E-state index contributed by atoms with van der Waals surface area (Å²) in [5, 5.41) is 14.4. The highest BCUT2D eigenvalue weighted by molar-refractivity contribution is 7.12. The van der Waals surface area contributed by atoms with Gasteiger partial charge in [0.2, 0.25) is 0 Å². The lowest BCUT2D eigenvalue weighted by atomic mass is 10.1.